The first-order valence-electron chi connectivity index (χ1n) is 8.89. The van der Waals surface area contributed by atoms with Crippen molar-refractivity contribution in [2.75, 3.05) is 18.0 Å². The summed E-state index contributed by atoms with van der Waals surface area (Å²) in [5.41, 5.74) is 3.19. The fourth-order valence-electron chi connectivity index (χ4n) is 3.77. The van der Waals surface area contributed by atoms with Gasteiger partial charge in [-0.3, -0.25) is 9.97 Å². The number of aryl methyl sites for hydroxylation is 1. The van der Waals surface area contributed by atoms with Gasteiger partial charge in [-0.25, -0.2) is 9.37 Å². The van der Waals surface area contributed by atoms with E-state index in [0.717, 1.165) is 37.7 Å². The number of anilines is 1. The molecule has 3 aromatic heterocycles. The topological polar surface area (TPSA) is 70.6 Å². The molecule has 0 saturated carbocycles. The minimum absolute atomic E-state index is 0.0443. The molecule has 0 amide bonds. The fraction of sp³-hybridized carbons (Fsp3) is 0.300. The van der Waals surface area contributed by atoms with E-state index in [2.05, 4.69) is 19.9 Å². The normalized spacial score (nSPS) is 14.9. The number of aromatic nitrogens is 4. The number of imidazole rings is 1. The highest BCUT2D eigenvalue weighted by Crippen LogP contribution is 2.37. The average Bonchev–Trinajstić information content (AvgIpc) is 3.14. The monoisotopic (exact) mass is 362 g/mol. The molecule has 4 rings (SSSR count). The second kappa shape index (κ2) is 7.16. The van der Waals surface area contributed by atoms with E-state index in [1.807, 2.05) is 42.3 Å². The molecule has 136 valence electrons. The number of rotatable bonds is 3. The Kier molecular flexibility index (Phi) is 4.55. The lowest BCUT2D eigenvalue weighted by molar-refractivity contribution is 0.484. The van der Waals surface area contributed by atoms with Gasteiger partial charge in [0.05, 0.1) is 23.9 Å². The van der Waals surface area contributed by atoms with E-state index in [0.29, 0.717) is 17.3 Å². The van der Waals surface area contributed by atoms with Crippen LogP contribution in [0.25, 0.3) is 11.3 Å². The summed E-state index contributed by atoms with van der Waals surface area (Å²) in [6, 6.07) is 5.71. The van der Waals surface area contributed by atoms with Crippen LogP contribution in [-0.4, -0.2) is 32.6 Å². The third-order valence-electron chi connectivity index (χ3n) is 5.14. The number of pyridine rings is 2. The van der Waals surface area contributed by atoms with Crippen molar-refractivity contribution in [1.29, 1.82) is 5.26 Å². The highest BCUT2D eigenvalue weighted by atomic mass is 19.1. The molecule has 6 nitrogen and oxygen atoms in total. The zero-order valence-electron chi connectivity index (χ0n) is 15.0. The number of nitriles is 1. The molecule has 0 bridgehead atoms. The lowest BCUT2D eigenvalue weighted by Gasteiger charge is -2.35. The van der Waals surface area contributed by atoms with Crippen LogP contribution in [-0.2, 0) is 7.05 Å². The van der Waals surface area contributed by atoms with E-state index in [1.165, 1.54) is 5.69 Å². The second-order valence-electron chi connectivity index (χ2n) is 6.72. The Bertz CT molecular complexity index is 983. The molecule has 0 aliphatic carbocycles. The van der Waals surface area contributed by atoms with Crippen molar-refractivity contribution < 1.29 is 4.39 Å². The van der Waals surface area contributed by atoms with Gasteiger partial charge in [0.25, 0.3) is 0 Å². The molecule has 0 aromatic carbocycles. The van der Waals surface area contributed by atoms with Crippen LogP contribution in [0.15, 0.2) is 43.2 Å². The maximum absolute atomic E-state index is 14.3. The fourth-order valence-corrected chi connectivity index (χ4v) is 3.77. The zero-order valence-corrected chi connectivity index (χ0v) is 15.0. The van der Waals surface area contributed by atoms with Gasteiger partial charge in [0.1, 0.15) is 11.6 Å². The molecular formula is C20H19FN6. The van der Waals surface area contributed by atoms with Gasteiger partial charge in [-0.15, -0.1) is 0 Å². The van der Waals surface area contributed by atoms with Crippen molar-refractivity contribution in [3.05, 3.63) is 60.3 Å². The number of hydrogen-bond acceptors (Lipinski definition) is 5. The molecule has 1 saturated heterocycles. The minimum Gasteiger partial charge on any atom is -0.369 e. The molecule has 4 heterocycles. The first kappa shape index (κ1) is 17.2. The molecular weight excluding hydrogens is 343 g/mol. The van der Waals surface area contributed by atoms with E-state index < -0.39 is 5.82 Å². The summed E-state index contributed by atoms with van der Waals surface area (Å²) in [6.45, 7) is 1.45. The Morgan fingerprint density at radius 3 is 2.63 bits per heavy atom. The van der Waals surface area contributed by atoms with Gasteiger partial charge < -0.3 is 9.47 Å². The third kappa shape index (κ3) is 3.14. The van der Waals surface area contributed by atoms with Crippen LogP contribution in [0.5, 0.6) is 0 Å². The summed E-state index contributed by atoms with van der Waals surface area (Å²) in [4.78, 5) is 14.7. The van der Waals surface area contributed by atoms with E-state index in [-0.39, 0.29) is 5.56 Å². The van der Waals surface area contributed by atoms with Crippen LogP contribution in [0.1, 0.15) is 30.0 Å². The number of nitrogens with zero attached hydrogens (tertiary/aromatic N) is 6. The maximum atomic E-state index is 14.3. The molecule has 0 spiro atoms. The Balaban J connectivity index is 1.69. The van der Waals surface area contributed by atoms with Crippen molar-refractivity contribution in [3.8, 4) is 17.3 Å². The summed E-state index contributed by atoms with van der Waals surface area (Å²) in [5.74, 6) is -0.184. The lowest BCUT2D eigenvalue weighted by atomic mass is 9.92. The predicted molar refractivity (Wildman–Crippen MR) is 99.5 cm³/mol. The number of piperidine rings is 1. The number of hydrogen-bond donors (Lipinski definition) is 0. The minimum atomic E-state index is -0.589. The zero-order chi connectivity index (χ0) is 18.8. The molecule has 0 radical (unpaired) electrons. The Hall–Kier alpha value is -3.27. The largest absolute Gasteiger partial charge is 0.369 e. The molecule has 7 heteroatoms. The van der Waals surface area contributed by atoms with Gasteiger partial charge in [0.2, 0.25) is 0 Å². The van der Waals surface area contributed by atoms with Gasteiger partial charge in [-0.2, -0.15) is 5.26 Å². The van der Waals surface area contributed by atoms with Gasteiger partial charge in [-0.1, -0.05) is 0 Å². The maximum Gasteiger partial charge on any atom is 0.161 e. The average molecular weight is 362 g/mol. The molecule has 0 atom stereocenters. The van der Waals surface area contributed by atoms with E-state index in [1.54, 1.807) is 12.4 Å². The molecule has 0 unspecified atom stereocenters. The van der Waals surface area contributed by atoms with E-state index in [9.17, 15) is 9.65 Å². The van der Waals surface area contributed by atoms with Gasteiger partial charge in [0.15, 0.2) is 5.82 Å². The smallest absolute Gasteiger partial charge is 0.161 e. The number of halogens is 1. The summed E-state index contributed by atoms with van der Waals surface area (Å²) in [5, 5.41) is 9.57. The van der Waals surface area contributed by atoms with E-state index in [4.69, 9.17) is 0 Å². The first-order chi connectivity index (χ1) is 13.2. The van der Waals surface area contributed by atoms with Crippen LogP contribution in [0.3, 0.4) is 0 Å². The van der Waals surface area contributed by atoms with Gasteiger partial charge in [-0.05, 0) is 25.0 Å². The highest BCUT2D eigenvalue weighted by molar-refractivity contribution is 5.79. The van der Waals surface area contributed by atoms with Gasteiger partial charge >= 0.3 is 0 Å². The van der Waals surface area contributed by atoms with Crippen molar-refractivity contribution in [3.63, 3.8) is 0 Å². The van der Waals surface area contributed by atoms with Crippen LogP contribution in [0, 0.1) is 17.1 Å². The van der Waals surface area contributed by atoms with Crippen molar-refractivity contribution >= 4 is 5.69 Å². The molecule has 27 heavy (non-hydrogen) atoms. The second-order valence-corrected chi connectivity index (χ2v) is 6.72. The molecule has 1 fully saturated rings. The molecule has 0 N–H and O–H groups in total. The SMILES string of the molecule is Cn1cncc1C1CCN(c2c(-c3cccnc3)ncc(F)c2C#N)CC1. The summed E-state index contributed by atoms with van der Waals surface area (Å²) in [7, 11) is 2.00. The van der Waals surface area contributed by atoms with Crippen molar-refractivity contribution in [2.45, 2.75) is 18.8 Å². The van der Waals surface area contributed by atoms with E-state index >= 15 is 0 Å². The first-order valence-corrected chi connectivity index (χ1v) is 8.89. The summed E-state index contributed by atoms with van der Waals surface area (Å²) < 4.78 is 16.4. The van der Waals surface area contributed by atoms with Gasteiger partial charge in [0, 0.05) is 55.9 Å². The van der Waals surface area contributed by atoms with Crippen LogP contribution < -0.4 is 4.90 Å². The predicted octanol–water partition coefficient (Wildman–Crippen LogP) is 3.27. The van der Waals surface area contributed by atoms with Crippen molar-refractivity contribution in [2.24, 2.45) is 7.05 Å². The quantitative estimate of drug-likeness (QED) is 0.715. The molecule has 3 aromatic rings. The molecule has 1 aliphatic rings. The Labute approximate surface area is 156 Å². The van der Waals surface area contributed by atoms with Crippen LogP contribution in [0.4, 0.5) is 10.1 Å². The highest BCUT2D eigenvalue weighted by Gasteiger charge is 2.27. The van der Waals surface area contributed by atoms with Crippen LogP contribution in [0.2, 0.25) is 0 Å². The Morgan fingerprint density at radius 2 is 2.00 bits per heavy atom. The molecule has 1 aliphatic heterocycles. The lowest BCUT2D eigenvalue weighted by Crippen LogP contribution is -2.34. The standard InChI is InChI=1S/C20H19FN6/c1-26-13-24-12-18(26)14-4-7-27(8-5-14)20-16(9-22)17(21)11-25-19(20)15-3-2-6-23-10-15/h2-3,6,10-14H,4-5,7-8H2,1H3. The third-order valence-corrected chi connectivity index (χ3v) is 5.14. The summed E-state index contributed by atoms with van der Waals surface area (Å²) in [6.07, 6.45) is 10.0. The van der Waals surface area contributed by atoms with Crippen LogP contribution >= 0.6 is 0 Å². The Morgan fingerprint density at radius 1 is 1.19 bits per heavy atom. The van der Waals surface area contributed by atoms with Crippen molar-refractivity contribution in [1.82, 2.24) is 19.5 Å². The summed E-state index contributed by atoms with van der Waals surface area (Å²) >= 11 is 0.